The summed E-state index contributed by atoms with van der Waals surface area (Å²) in [5, 5.41) is 3.53. The third-order valence-corrected chi connectivity index (χ3v) is 5.03. The van der Waals surface area contributed by atoms with Gasteiger partial charge in [-0.15, -0.1) is 0 Å². The lowest BCUT2D eigenvalue weighted by atomic mass is 9.96. The summed E-state index contributed by atoms with van der Waals surface area (Å²) in [6, 6.07) is 6.62. The van der Waals surface area contributed by atoms with Crippen molar-refractivity contribution < 1.29 is 14.4 Å². The first kappa shape index (κ1) is 17.5. The number of halogens is 1. The number of amides is 4. The van der Waals surface area contributed by atoms with Gasteiger partial charge in [0.1, 0.15) is 0 Å². The number of carbonyl (C=O) groups excluding carboxylic acids is 3. The number of likely N-dealkylation sites (tertiary alicyclic amines) is 1. The molecule has 8 heteroatoms. The number of anilines is 1. The van der Waals surface area contributed by atoms with Crippen LogP contribution in [0.2, 0.25) is 5.02 Å². The Kier molecular flexibility index (Phi) is 5.13. The predicted molar refractivity (Wildman–Crippen MR) is 94.2 cm³/mol. The molecule has 4 amide bonds. The van der Waals surface area contributed by atoms with Crippen LogP contribution >= 0.6 is 11.6 Å². The molecule has 0 aromatic heterocycles. The standard InChI is InChI=1S/C17H21ClN4O3/c18-12-1-3-14(4-2-12)22-10-13(9-15(22)23)20-17(25)21-7-5-11(6-8-21)16(19)24/h1-4,11,13H,5-10H2,(H2,19,24)(H,20,25)/t13-/m0/s1. The molecule has 2 aliphatic rings. The molecule has 2 saturated heterocycles. The summed E-state index contributed by atoms with van der Waals surface area (Å²) >= 11 is 5.87. The molecular formula is C17H21ClN4O3. The van der Waals surface area contributed by atoms with Crippen molar-refractivity contribution in [3.05, 3.63) is 29.3 Å². The summed E-state index contributed by atoms with van der Waals surface area (Å²) in [5.74, 6) is -0.488. The van der Waals surface area contributed by atoms with Gasteiger partial charge < -0.3 is 20.9 Å². The topological polar surface area (TPSA) is 95.7 Å². The van der Waals surface area contributed by atoms with E-state index >= 15 is 0 Å². The van der Waals surface area contributed by atoms with Crippen molar-refractivity contribution in [3.63, 3.8) is 0 Å². The fourth-order valence-corrected chi connectivity index (χ4v) is 3.43. The van der Waals surface area contributed by atoms with Crippen LogP contribution in [-0.2, 0) is 9.59 Å². The van der Waals surface area contributed by atoms with E-state index in [4.69, 9.17) is 17.3 Å². The number of hydrogen-bond acceptors (Lipinski definition) is 3. The van der Waals surface area contributed by atoms with Crippen LogP contribution in [0.5, 0.6) is 0 Å². The second-order valence-corrected chi connectivity index (χ2v) is 6.93. The lowest BCUT2D eigenvalue weighted by Crippen LogP contribution is -2.49. The molecule has 2 aliphatic heterocycles. The van der Waals surface area contributed by atoms with Gasteiger partial charge in [0.25, 0.3) is 0 Å². The van der Waals surface area contributed by atoms with Crippen LogP contribution in [0.15, 0.2) is 24.3 Å². The fourth-order valence-electron chi connectivity index (χ4n) is 3.31. The monoisotopic (exact) mass is 364 g/mol. The van der Waals surface area contributed by atoms with Crippen LogP contribution in [0, 0.1) is 5.92 Å². The zero-order valence-electron chi connectivity index (χ0n) is 13.8. The van der Waals surface area contributed by atoms with Crippen LogP contribution in [0.4, 0.5) is 10.5 Å². The molecule has 0 unspecified atom stereocenters. The Balaban J connectivity index is 1.54. The molecule has 0 bridgehead atoms. The van der Waals surface area contributed by atoms with Gasteiger partial charge in [-0.25, -0.2) is 4.79 Å². The number of hydrogen-bond donors (Lipinski definition) is 2. The third-order valence-electron chi connectivity index (χ3n) is 4.78. The Labute approximate surface area is 151 Å². The van der Waals surface area contributed by atoms with E-state index in [0.29, 0.717) is 37.5 Å². The van der Waals surface area contributed by atoms with Crippen molar-refractivity contribution >= 4 is 35.1 Å². The zero-order valence-corrected chi connectivity index (χ0v) is 14.5. The number of carbonyl (C=O) groups is 3. The molecule has 0 saturated carbocycles. The number of urea groups is 1. The summed E-state index contributed by atoms with van der Waals surface area (Å²) in [7, 11) is 0. The van der Waals surface area contributed by atoms with Gasteiger partial charge in [0.2, 0.25) is 11.8 Å². The molecular weight excluding hydrogens is 344 g/mol. The maximum atomic E-state index is 12.4. The third kappa shape index (κ3) is 4.04. The highest BCUT2D eigenvalue weighted by Gasteiger charge is 2.33. The maximum Gasteiger partial charge on any atom is 0.317 e. The fraction of sp³-hybridized carbons (Fsp3) is 0.471. The Hall–Kier alpha value is -2.28. The molecule has 1 aromatic rings. The highest BCUT2D eigenvalue weighted by molar-refractivity contribution is 6.30. The lowest BCUT2D eigenvalue weighted by Gasteiger charge is -2.31. The van der Waals surface area contributed by atoms with Crippen LogP contribution in [0.3, 0.4) is 0 Å². The van der Waals surface area contributed by atoms with Gasteiger partial charge in [-0.1, -0.05) is 11.6 Å². The number of nitrogens with two attached hydrogens (primary N) is 1. The van der Waals surface area contributed by atoms with Crippen molar-refractivity contribution in [1.82, 2.24) is 10.2 Å². The minimum absolute atomic E-state index is 0.0277. The Morgan fingerprint density at radius 2 is 1.80 bits per heavy atom. The minimum Gasteiger partial charge on any atom is -0.369 e. The second-order valence-electron chi connectivity index (χ2n) is 6.49. The van der Waals surface area contributed by atoms with E-state index in [-0.39, 0.29) is 36.2 Å². The average Bonchev–Trinajstić information content (AvgIpc) is 2.96. The van der Waals surface area contributed by atoms with E-state index in [0.717, 1.165) is 5.69 Å². The van der Waals surface area contributed by atoms with Crippen LogP contribution < -0.4 is 16.0 Å². The molecule has 7 nitrogen and oxygen atoms in total. The second kappa shape index (κ2) is 7.31. The molecule has 1 atom stereocenters. The first-order valence-electron chi connectivity index (χ1n) is 8.34. The summed E-state index contributed by atoms with van der Waals surface area (Å²) in [6.45, 7) is 1.44. The minimum atomic E-state index is -0.306. The predicted octanol–water partition coefficient (Wildman–Crippen LogP) is 1.35. The van der Waals surface area contributed by atoms with Gasteiger partial charge in [-0.3, -0.25) is 9.59 Å². The summed E-state index contributed by atoms with van der Waals surface area (Å²) in [5.41, 5.74) is 6.08. The number of piperidine rings is 1. The molecule has 0 spiro atoms. The zero-order chi connectivity index (χ0) is 18.0. The van der Waals surface area contributed by atoms with Crippen LogP contribution in [-0.4, -0.2) is 48.4 Å². The highest BCUT2D eigenvalue weighted by atomic mass is 35.5. The number of nitrogens with one attached hydrogen (secondary N) is 1. The van der Waals surface area contributed by atoms with Gasteiger partial charge >= 0.3 is 6.03 Å². The van der Waals surface area contributed by atoms with Gasteiger partial charge in [-0.05, 0) is 37.1 Å². The maximum absolute atomic E-state index is 12.4. The number of benzene rings is 1. The van der Waals surface area contributed by atoms with E-state index in [1.54, 1.807) is 34.1 Å². The summed E-state index contributed by atoms with van der Waals surface area (Å²) in [6.07, 6.45) is 1.44. The Bertz CT molecular complexity index is 671. The quantitative estimate of drug-likeness (QED) is 0.847. The van der Waals surface area contributed by atoms with E-state index < -0.39 is 0 Å². The summed E-state index contributed by atoms with van der Waals surface area (Å²) < 4.78 is 0. The van der Waals surface area contributed by atoms with Crippen molar-refractivity contribution in [2.45, 2.75) is 25.3 Å². The van der Waals surface area contributed by atoms with E-state index in [1.807, 2.05) is 0 Å². The average molecular weight is 365 g/mol. The van der Waals surface area contributed by atoms with Gasteiger partial charge in [0.05, 0.1) is 6.04 Å². The molecule has 0 radical (unpaired) electrons. The van der Waals surface area contributed by atoms with Gasteiger partial charge in [0, 0.05) is 42.7 Å². The Morgan fingerprint density at radius 3 is 2.40 bits per heavy atom. The van der Waals surface area contributed by atoms with Gasteiger partial charge in [-0.2, -0.15) is 0 Å². The van der Waals surface area contributed by atoms with Crippen molar-refractivity contribution in [1.29, 1.82) is 0 Å². The molecule has 25 heavy (non-hydrogen) atoms. The van der Waals surface area contributed by atoms with Crippen LogP contribution in [0.1, 0.15) is 19.3 Å². The molecule has 2 heterocycles. The van der Waals surface area contributed by atoms with E-state index in [1.165, 1.54) is 0 Å². The van der Waals surface area contributed by atoms with Crippen LogP contribution in [0.25, 0.3) is 0 Å². The summed E-state index contributed by atoms with van der Waals surface area (Å²) in [4.78, 5) is 39.1. The molecule has 3 rings (SSSR count). The number of primary amides is 1. The first-order chi connectivity index (χ1) is 11.9. The molecule has 134 valence electrons. The largest absolute Gasteiger partial charge is 0.369 e. The van der Waals surface area contributed by atoms with Crippen molar-refractivity contribution in [3.8, 4) is 0 Å². The first-order valence-corrected chi connectivity index (χ1v) is 8.72. The van der Waals surface area contributed by atoms with E-state index in [9.17, 15) is 14.4 Å². The molecule has 1 aromatic carbocycles. The normalized spacial score (nSPS) is 21.5. The highest BCUT2D eigenvalue weighted by Crippen LogP contribution is 2.24. The SMILES string of the molecule is NC(=O)C1CCN(C(=O)N[C@H]2CC(=O)N(c3ccc(Cl)cc3)C2)CC1. The number of nitrogens with zero attached hydrogens (tertiary/aromatic N) is 2. The van der Waals surface area contributed by atoms with Crippen molar-refractivity contribution in [2.75, 3.05) is 24.5 Å². The van der Waals surface area contributed by atoms with Gasteiger partial charge in [0.15, 0.2) is 0 Å². The Morgan fingerprint density at radius 1 is 1.16 bits per heavy atom. The van der Waals surface area contributed by atoms with E-state index in [2.05, 4.69) is 5.32 Å². The lowest BCUT2D eigenvalue weighted by molar-refractivity contribution is -0.123. The molecule has 3 N–H and O–H groups in total. The molecule has 2 fully saturated rings. The molecule has 0 aliphatic carbocycles. The number of rotatable bonds is 3. The smallest absolute Gasteiger partial charge is 0.317 e. The van der Waals surface area contributed by atoms with Crippen molar-refractivity contribution in [2.24, 2.45) is 11.7 Å².